The average Bonchev–Trinajstić information content (AvgIpc) is 2.14. The predicted molar refractivity (Wildman–Crippen MR) is 68.3 cm³/mol. The lowest BCUT2D eigenvalue weighted by Crippen LogP contribution is -2.44. The molecule has 0 spiro atoms. The second-order valence-corrected chi connectivity index (χ2v) is 5.43. The molecule has 1 amide bonds. The number of carbonyl (C=O) groups excluding carboxylic acids is 1. The van der Waals surface area contributed by atoms with Crippen LogP contribution in [0.25, 0.3) is 0 Å². The molecule has 0 heterocycles. The molecule has 1 rings (SSSR count). The van der Waals surface area contributed by atoms with Crippen molar-refractivity contribution in [3.05, 3.63) is 35.6 Å². The van der Waals surface area contributed by atoms with E-state index in [2.05, 4.69) is 0 Å². The second kappa shape index (κ2) is 6.67. The molecule has 0 fully saturated rings. The number of rotatable bonds is 4. The Morgan fingerprint density at radius 2 is 2.11 bits per heavy atom. The molecule has 0 saturated heterocycles. The van der Waals surface area contributed by atoms with Gasteiger partial charge in [0.05, 0.1) is 12.3 Å². The third-order valence-electron chi connectivity index (χ3n) is 1.97. The molecule has 0 bridgehead atoms. The van der Waals surface area contributed by atoms with Crippen LogP contribution < -0.4 is 10.5 Å². The van der Waals surface area contributed by atoms with Gasteiger partial charge >= 0.3 is 0 Å². The van der Waals surface area contributed by atoms with Crippen LogP contribution in [-0.4, -0.2) is 26.6 Å². The van der Waals surface area contributed by atoms with Gasteiger partial charge in [-0.2, -0.15) is 0 Å². The van der Waals surface area contributed by atoms with Gasteiger partial charge in [0.2, 0.25) is 10.0 Å². The highest BCUT2D eigenvalue weighted by atomic mass is 35.5. The summed E-state index contributed by atoms with van der Waals surface area (Å²) in [5.74, 6) is -1.24. The molecule has 0 unspecified atom stereocenters. The fourth-order valence-electron chi connectivity index (χ4n) is 1.27. The maximum atomic E-state index is 12.9. The van der Waals surface area contributed by atoms with E-state index in [0.717, 1.165) is 6.26 Å². The van der Waals surface area contributed by atoms with Gasteiger partial charge in [-0.1, -0.05) is 12.1 Å². The maximum Gasteiger partial charge on any atom is 0.250 e. The zero-order valence-corrected chi connectivity index (χ0v) is 11.2. The monoisotopic (exact) mass is 296 g/mol. The second-order valence-electron chi connectivity index (χ2n) is 3.68. The standard InChI is InChI=1S/C10H13FN2O3S.ClH/c1-17(15,16)13-10(14)9(12)6-7-3-2-4-8(11)5-7;/h2-5,9H,6,12H2,1H3,(H,13,14);1H/t9-;/m0./s1. The summed E-state index contributed by atoms with van der Waals surface area (Å²) in [4.78, 5) is 11.3. The molecule has 0 aliphatic carbocycles. The molecular weight excluding hydrogens is 283 g/mol. The van der Waals surface area contributed by atoms with Gasteiger partial charge < -0.3 is 5.73 Å². The third-order valence-corrected chi connectivity index (χ3v) is 2.54. The van der Waals surface area contributed by atoms with Crippen LogP contribution in [0.3, 0.4) is 0 Å². The van der Waals surface area contributed by atoms with Crippen LogP contribution in [0.2, 0.25) is 0 Å². The number of hydrogen-bond donors (Lipinski definition) is 2. The first-order valence-corrected chi connectivity index (χ1v) is 6.69. The minimum atomic E-state index is -3.62. The number of amides is 1. The van der Waals surface area contributed by atoms with Gasteiger partial charge in [0, 0.05) is 0 Å². The number of nitrogens with one attached hydrogen (secondary N) is 1. The van der Waals surface area contributed by atoms with Crippen molar-refractivity contribution < 1.29 is 17.6 Å². The van der Waals surface area contributed by atoms with E-state index in [1.54, 1.807) is 10.8 Å². The predicted octanol–water partition coefficient (Wildman–Crippen LogP) is 0.193. The van der Waals surface area contributed by atoms with Crippen molar-refractivity contribution in [1.29, 1.82) is 0 Å². The maximum absolute atomic E-state index is 12.9. The van der Waals surface area contributed by atoms with Gasteiger partial charge in [-0.15, -0.1) is 12.4 Å². The highest BCUT2D eigenvalue weighted by Gasteiger charge is 2.17. The lowest BCUT2D eigenvalue weighted by Gasteiger charge is -2.11. The summed E-state index contributed by atoms with van der Waals surface area (Å²) >= 11 is 0. The molecule has 1 aromatic carbocycles. The van der Waals surface area contributed by atoms with Crippen LogP contribution in [0.1, 0.15) is 5.56 Å². The molecule has 5 nitrogen and oxygen atoms in total. The Bertz CT molecular complexity index is 522. The zero-order valence-electron chi connectivity index (χ0n) is 9.59. The van der Waals surface area contributed by atoms with Crippen molar-refractivity contribution in [2.45, 2.75) is 12.5 Å². The van der Waals surface area contributed by atoms with E-state index in [0.29, 0.717) is 5.56 Å². The van der Waals surface area contributed by atoms with Gasteiger partial charge in [-0.25, -0.2) is 12.8 Å². The third kappa shape index (κ3) is 5.95. The first kappa shape index (κ1) is 16.8. The van der Waals surface area contributed by atoms with E-state index in [1.807, 2.05) is 0 Å². The molecule has 0 saturated carbocycles. The first-order valence-electron chi connectivity index (χ1n) is 4.79. The topological polar surface area (TPSA) is 89.3 Å². The van der Waals surface area contributed by atoms with Crippen molar-refractivity contribution in [2.24, 2.45) is 5.73 Å². The Balaban J connectivity index is 0.00000289. The zero-order chi connectivity index (χ0) is 13.1. The highest BCUT2D eigenvalue weighted by Crippen LogP contribution is 2.05. The van der Waals surface area contributed by atoms with Crippen LogP contribution in [0, 0.1) is 5.82 Å². The number of benzene rings is 1. The fraction of sp³-hybridized carbons (Fsp3) is 0.300. The van der Waals surface area contributed by atoms with Gasteiger partial charge in [-0.05, 0) is 24.1 Å². The fourth-order valence-corrected chi connectivity index (χ4v) is 1.79. The van der Waals surface area contributed by atoms with Crippen molar-refractivity contribution in [1.82, 2.24) is 4.72 Å². The quantitative estimate of drug-likeness (QED) is 0.830. The number of nitrogens with two attached hydrogens (primary N) is 1. The molecule has 102 valence electrons. The van der Waals surface area contributed by atoms with Crippen LogP contribution in [0.15, 0.2) is 24.3 Å². The SMILES string of the molecule is CS(=O)(=O)NC(=O)[C@@H](N)Cc1cccc(F)c1.Cl. The van der Waals surface area contributed by atoms with E-state index in [-0.39, 0.29) is 18.8 Å². The van der Waals surface area contributed by atoms with Crippen LogP contribution in [0.4, 0.5) is 4.39 Å². The van der Waals surface area contributed by atoms with Crippen LogP contribution >= 0.6 is 12.4 Å². The summed E-state index contributed by atoms with van der Waals surface area (Å²) in [6, 6.07) is 4.58. The van der Waals surface area contributed by atoms with E-state index >= 15 is 0 Å². The van der Waals surface area contributed by atoms with Gasteiger partial charge in [0.25, 0.3) is 5.91 Å². The average molecular weight is 297 g/mol. The van der Waals surface area contributed by atoms with Crippen molar-refractivity contribution >= 4 is 28.3 Å². The summed E-state index contributed by atoms with van der Waals surface area (Å²) in [5, 5.41) is 0. The first-order chi connectivity index (χ1) is 7.78. The number of halogens is 2. The minimum absolute atomic E-state index is 0. The van der Waals surface area contributed by atoms with E-state index in [4.69, 9.17) is 5.73 Å². The Morgan fingerprint density at radius 1 is 1.50 bits per heavy atom. The van der Waals surface area contributed by atoms with Crippen LogP contribution in [0.5, 0.6) is 0 Å². The summed E-state index contributed by atoms with van der Waals surface area (Å²) in [6.07, 6.45) is 0.929. The number of carbonyl (C=O) groups is 1. The molecule has 1 aromatic rings. The Labute approximate surface area is 111 Å². The molecule has 18 heavy (non-hydrogen) atoms. The van der Waals surface area contributed by atoms with E-state index in [9.17, 15) is 17.6 Å². The molecule has 0 aliphatic heterocycles. The lowest BCUT2D eigenvalue weighted by molar-refractivity contribution is -0.120. The largest absolute Gasteiger partial charge is 0.320 e. The Morgan fingerprint density at radius 3 is 2.61 bits per heavy atom. The van der Waals surface area contributed by atoms with Crippen molar-refractivity contribution in [3.8, 4) is 0 Å². The van der Waals surface area contributed by atoms with Gasteiger partial charge in [0.1, 0.15) is 5.82 Å². The number of hydrogen-bond acceptors (Lipinski definition) is 4. The molecule has 0 aromatic heterocycles. The highest BCUT2D eigenvalue weighted by molar-refractivity contribution is 7.89. The molecule has 8 heteroatoms. The summed E-state index contributed by atoms with van der Waals surface area (Å²) in [5.41, 5.74) is 6.04. The lowest BCUT2D eigenvalue weighted by atomic mass is 10.1. The summed E-state index contributed by atoms with van der Waals surface area (Å²) < 4.78 is 36.2. The molecule has 3 N–H and O–H groups in total. The number of sulfonamides is 1. The summed E-state index contributed by atoms with van der Waals surface area (Å²) in [7, 11) is -3.62. The molecule has 0 aliphatic rings. The van der Waals surface area contributed by atoms with Crippen LogP contribution in [-0.2, 0) is 21.2 Å². The normalized spacial score (nSPS) is 12.4. The molecule has 1 atom stereocenters. The van der Waals surface area contributed by atoms with E-state index < -0.39 is 27.8 Å². The van der Waals surface area contributed by atoms with Crippen molar-refractivity contribution in [3.63, 3.8) is 0 Å². The van der Waals surface area contributed by atoms with Gasteiger partial charge in [0.15, 0.2) is 0 Å². The van der Waals surface area contributed by atoms with Crippen molar-refractivity contribution in [2.75, 3.05) is 6.26 Å². The van der Waals surface area contributed by atoms with E-state index in [1.165, 1.54) is 18.2 Å². The molecular formula is C10H14ClFN2O3S. The van der Waals surface area contributed by atoms with Gasteiger partial charge in [-0.3, -0.25) is 9.52 Å². The molecule has 0 radical (unpaired) electrons. The Kier molecular flexibility index (Phi) is 6.23. The summed E-state index contributed by atoms with van der Waals surface area (Å²) in [6.45, 7) is 0. The minimum Gasteiger partial charge on any atom is -0.320 e. The Hall–Kier alpha value is -1.18. The smallest absolute Gasteiger partial charge is 0.250 e.